The van der Waals surface area contributed by atoms with E-state index in [4.69, 9.17) is 9.47 Å². The highest BCUT2D eigenvalue weighted by atomic mass is 32.2. The average molecular weight is 669 g/mol. The lowest BCUT2D eigenvalue weighted by molar-refractivity contribution is 0.304. The van der Waals surface area contributed by atoms with Gasteiger partial charge in [-0.1, -0.05) is 175 Å². The molecule has 0 atom stereocenters. The van der Waals surface area contributed by atoms with E-state index in [0.717, 1.165) is 37.6 Å². The molecule has 0 aromatic heterocycles. The summed E-state index contributed by atoms with van der Waals surface area (Å²) in [6.07, 6.45) is 21.2. The number of ether oxygens (including phenoxy) is 2. The Kier molecular flexibility index (Phi) is 17.3. The van der Waals surface area contributed by atoms with Gasteiger partial charge in [0.2, 0.25) is 0 Å². The number of unbranched alkanes of at least 4 members (excludes halogenated alkanes) is 14. The first-order valence-corrected chi connectivity index (χ1v) is 20.5. The Bertz CT molecular complexity index is 1090. The van der Waals surface area contributed by atoms with Crippen LogP contribution >= 0.6 is 47.0 Å². The summed E-state index contributed by atoms with van der Waals surface area (Å²) in [5, 5.41) is 4.59. The molecular weight excluding hydrogens is 617 g/mol. The lowest BCUT2D eigenvalue weighted by Gasteiger charge is -2.08. The summed E-state index contributed by atoms with van der Waals surface area (Å²) in [5.41, 5.74) is 2.53. The van der Waals surface area contributed by atoms with Gasteiger partial charge in [-0.25, -0.2) is 0 Å². The van der Waals surface area contributed by atoms with Gasteiger partial charge in [0.25, 0.3) is 0 Å². The van der Waals surface area contributed by atoms with Crippen LogP contribution in [0.3, 0.4) is 0 Å². The van der Waals surface area contributed by atoms with Crippen molar-refractivity contribution in [3.8, 4) is 11.5 Å². The predicted octanol–water partition coefficient (Wildman–Crippen LogP) is 14.1. The second-order valence-electron chi connectivity index (χ2n) is 11.7. The van der Waals surface area contributed by atoms with Crippen LogP contribution in [0.15, 0.2) is 67.8 Å². The second-order valence-corrected chi connectivity index (χ2v) is 16.1. The van der Waals surface area contributed by atoms with Crippen LogP contribution in [0.5, 0.6) is 11.5 Å². The summed E-state index contributed by atoms with van der Waals surface area (Å²) in [4.78, 5) is 2.64. The minimum atomic E-state index is 0.816. The molecule has 4 rings (SSSR count). The lowest BCUT2D eigenvalue weighted by atomic mass is 10.1. The topological polar surface area (TPSA) is 18.5 Å². The van der Waals surface area contributed by atoms with Crippen molar-refractivity contribution in [2.45, 2.75) is 117 Å². The van der Waals surface area contributed by atoms with E-state index < -0.39 is 0 Å². The fourth-order valence-corrected chi connectivity index (χ4v) is 10.2. The molecule has 0 fully saturated rings. The molecule has 0 saturated carbocycles. The summed E-state index contributed by atoms with van der Waals surface area (Å²) in [6.45, 7) is 6.18. The Morgan fingerprint density at radius 2 is 0.773 bits per heavy atom. The van der Waals surface area contributed by atoms with E-state index >= 15 is 0 Å². The summed E-state index contributed by atoms with van der Waals surface area (Å²) >= 11 is 7.47. The first kappa shape index (κ1) is 35.5. The number of benzene rings is 2. The van der Waals surface area contributed by atoms with Gasteiger partial charge in [0.05, 0.1) is 21.7 Å². The monoisotopic (exact) mass is 668 g/mol. The van der Waals surface area contributed by atoms with Gasteiger partial charge in [-0.15, -0.1) is 0 Å². The molecule has 0 amide bonds. The smallest absolute Gasteiger partial charge is 0.119 e. The maximum absolute atomic E-state index is 6.02. The van der Waals surface area contributed by atoms with Gasteiger partial charge in [-0.3, -0.25) is 0 Å². The van der Waals surface area contributed by atoms with Gasteiger partial charge in [-0.2, -0.15) is 0 Å². The zero-order chi connectivity index (χ0) is 30.7. The van der Waals surface area contributed by atoms with Crippen LogP contribution in [0, 0.1) is 0 Å². The fraction of sp³-hybridized carbons (Fsp3) is 0.526. The van der Waals surface area contributed by atoms with Crippen LogP contribution in [0.2, 0.25) is 0 Å². The predicted molar refractivity (Wildman–Crippen MR) is 202 cm³/mol. The molecule has 44 heavy (non-hydrogen) atoms. The Hall–Kier alpha value is -1.34. The van der Waals surface area contributed by atoms with Crippen LogP contribution in [0.4, 0.5) is 0 Å². The molecule has 0 radical (unpaired) electrons. The van der Waals surface area contributed by atoms with Gasteiger partial charge in [-0.05, 0) is 59.1 Å². The standard InChI is InChI=1S/C38H52O2S4/c1-3-5-7-9-11-13-15-17-27-39-33-23-19-31(20-24-33)35-29-41-37(43-35)38-42-30-36(44-38)32-21-25-34(26-22-32)40-28-18-16-14-12-10-8-6-4-2/h19-26,29-30H,3-18,27-28H2,1-2H3. The van der Waals surface area contributed by atoms with E-state index in [2.05, 4.69) is 73.2 Å². The molecule has 0 N–H and O–H groups in total. The SMILES string of the molecule is CCCCCCCCCCOc1ccc(C2=CSC(=C3SC=C(c4ccc(OCCCCCCCCCC)cc4)S3)S2)cc1. The number of hydrogen-bond acceptors (Lipinski definition) is 6. The molecule has 2 heterocycles. The normalized spacial score (nSPS) is 16.3. The zero-order valence-electron chi connectivity index (χ0n) is 27.0. The summed E-state index contributed by atoms with van der Waals surface area (Å²) in [6, 6.07) is 17.3. The van der Waals surface area contributed by atoms with Crippen molar-refractivity contribution in [3.05, 3.63) is 78.9 Å². The van der Waals surface area contributed by atoms with Crippen LogP contribution in [-0.2, 0) is 0 Å². The molecule has 0 aliphatic carbocycles. The molecule has 2 aliphatic rings. The molecular formula is C38H52O2S4. The van der Waals surface area contributed by atoms with Gasteiger partial charge in [0.1, 0.15) is 11.5 Å². The summed E-state index contributed by atoms with van der Waals surface area (Å²) < 4.78 is 14.8. The molecule has 2 aliphatic heterocycles. The Morgan fingerprint density at radius 3 is 1.14 bits per heavy atom. The Morgan fingerprint density at radius 1 is 0.432 bits per heavy atom. The summed E-state index contributed by atoms with van der Waals surface area (Å²) in [7, 11) is 0. The van der Waals surface area contributed by atoms with Crippen LogP contribution in [0.25, 0.3) is 9.81 Å². The Balaban J connectivity index is 1.12. The highest BCUT2D eigenvalue weighted by Gasteiger charge is 2.23. The molecule has 0 spiro atoms. The van der Waals surface area contributed by atoms with Crippen molar-refractivity contribution < 1.29 is 9.47 Å². The molecule has 0 bridgehead atoms. The van der Waals surface area contributed by atoms with Crippen molar-refractivity contribution in [1.82, 2.24) is 0 Å². The Labute approximate surface area is 285 Å². The van der Waals surface area contributed by atoms with Crippen molar-refractivity contribution in [2.75, 3.05) is 13.2 Å². The second kappa shape index (κ2) is 21.5. The zero-order valence-corrected chi connectivity index (χ0v) is 30.2. The van der Waals surface area contributed by atoms with E-state index in [0.29, 0.717) is 0 Å². The highest BCUT2D eigenvalue weighted by molar-refractivity contribution is 8.36. The minimum absolute atomic E-state index is 0.816. The fourth-order valence-electron chi connectivity index (χ4n) is 5.23. The molecule has 0 saturated heterocycles. The minimum Gasteiger partial charge on any atom is -0.494 e. The van der Waals surface area contributed by atoms with Crippen LogP contribution < -0.4 is 9.47 Å². The molecule has 2 aromatic carbocycles. The quantitative estimate of drug-likeness (QED) is 0.115. The van der Waals surface area contributed by atoms with Gasteiger partial charge >= 0.3 is 0 Å². The van der Waals surface area contributed by atoms with E-state index in [1.165, 1.54) is 119 Å². The highest BCUT2D eigenvalue weighted by Crippen LogP contribution is 2.58. The van der Waals surface area contributed by atoms with Crippen molar-refractivity contribution in [2.24, 2.45) is 0 Å². The van der Waals surface area contributed by atoms with Gasteiger partial charge in [0, 0.05) is 9.81 Å². The maximum atomic E-state index is 6.02. The van der Waals surface area contributed by atoms with Crippen molar-refractivity contribution in [1.29, 1.82) is 0 Å². The van der Waals surface area contributed by atoms with E-state index in [1.54, 1.807) is 0 Å². The van der Waals surface area contributed by atoms with Crippen LogP contribution in [0.1, 0.15) is 128 Å². The third kappa shape index (κ3) is 12.8. The number of hydrogen-bond donors (Lipinski definition) is 0. The van der Waals surface area contributed by atoms with E-state index in [1.807, 2.05) is 47.0 Å². The molecule has 240 valence electrons. The number of rotatable bonds is 22. The van der Waals surface area contributed by atoms with Crippen molar-refractivity contribution in [3.63, 3.8) is 0 Å². The van der Waals surface area contributed by atoms with Crippen molar-refractivity contribution >= 4 is 56.9 Å². The molecule has 2 nitrogen and oxygen atoms in total. The molecule has 0 unspecified atom stereocenters. The summed E-state index contributed by atoms with van der Waals surface area (Å²) in [5.74, 6) is 1.96. The first-order valence-electron chi connectivity index (χ1n) is 17.1. The maximum Gasteiger partial charge on any atom is 0.119 e. The third-order valence-electron chi connectivity index (χ3n) is 7.93. The van der Waals surface area contributed by atoms with Gasteiger partial charge in [0.15, 0.2) is 0 Å². The molecule has 6 heteroatoms. The van der Waals surface area contributed by atoms with E-state index in [9.17, 15) is 0 Å². The average Bonchev–Trinajstić information content (AvgIpc) is 3.75. The first-order chi connectivity index (χ1) is 21.8. The molecule has 2 aromatic rings. The van der Waals surface area contributed by atoms with Crippen LogP contribution in [-0.4, -0.2) is 13.2 Å². The van der Waals surface area contributed by atoms with Gasteiger partial charge < -0.3 is 9.47 Å². The van der Waals surface area contributed by atoms with E-state index in [-0.39, 0.29) is 0 Å². The number of thioether (sulfide) groups is 4. The third-order valence-corrected chi connectivity index (χ3v) is 13.3. The largest absolute Gasteiger partial charge is 0.494 e. The lowest BCUT2D eigenvalue weighted by Crippen LogP contribution is -1.97.